The third-order valence-electron chi connectivity index (χ3n) is 3.11. The quantitative estimate of drug-likeness (QED) is 0.586. The number of para-hydroxylation sites is 1. The van der Waals surface area contributed by atoms with Gasteiger partial charge in [-0.3, -0.25) is 4.40 Å². The van der Waals surface area contributed by atoms with Crippen molar-refractivity contribution in [3.8, 4) is 0 Å². The Labute approximate surface area is 115 Å². The lowest BCUT2D eigenvalue weighted by Gasteiger charge is -2.06. The summed E-state index contributed by atoms with van der Waals surface area (Å²) in [5, 5.41) is 19.5. The van der Waals surface area contributed by atoms with E-state index in [4.69, 9.17) is 5.11 Å². The first-order valence-corrected chi connectivity index (χ1v) is 7.27. The van der Waals surface area contributed by atoms with Gasteiger partial charge in [0, 0.05) is 17.7 Å². The Hall–Kier alpha value is -1.59. The molecule has 98 valence electrons. The molecule has 1 aromatic carbocycles. The number of hydrogen-bond donors (Lipinski definition) is 1. The van der Waals surface area contributed by atoms with Gasteiger partial charge in [-0.2, -0.15) is 0 Å². The Balaban J connectivity index is 2.17. The zero-order valence-corrected chi connectivity index (χ0v) is 11.5. The maximum absolute atomic E-state index is 8.86. The van der Waals surface area contributed by atoms with Gasteiger partial charge < -0.3 is 5.11 Å². The fourth-order valence-electron chi connectivity index (χ4n) is 2.20. The Bertz CT molecular complexity index is 723. The lowest BCUT2D eigenvalue weighted by atomic mass is 10.1. The van der Waals surface area contributed by atoms with Crippen LogP contribution in [0.15, 0.2) is 35.5 Å². The molecule has 3 aromatic rings. The number of aryl methyl sites for hydroxylation is 1. The van der Waals surface area contributed by atoms with Crippen molar-refractivity contribution in [2.45, 2.75) is 18.5 Å². The van der Waals surface area contributed by atoms with Crippen molar-refractivity contribution in [2.24, 2.45) is 0 Å². The van der Waals surface area contributed by atoms with Crippen LogP contribution in [0.4, 0.5) is 0 Å². The maximum atomic E-state index is 8.86. The molecule has 2 aromatic heterocycles. The van der Waals surface area contributed by atoms with Gasteiger partial charge in [0.25, 0.3) is 0 Å². The molecule has 0 bridgehead atoms. The van der Waals surface area contributed by atoms with Gasteiger partial charge in [-0.1, -0.05) is 30.0 Å². The van der Waals surface area contributed by atoms with E-state index < -0.39 is 0 Å². The smallest absolute Gasteiger partial charge is 0.196 e. The summed E-state index contributed by atoms with van der Waals surface area (Å²) >= 11 is 1.63. The second-order valence-electron chi connectivity index (χ2n) is 4.45. The molecule has 0 fully saturated rings. The van der Waals surface area contributed by atoms with E-state index in [1.807, 2.05) is 12.1 Å². The molecule has 3 rings (SSSR count). The molecule has 0 atom stereocenters. The SMILES string of the molecule is Cc1cc2nnc(SCCCO)n2c2ccccc12. The lowest BCUT2D eigenvalue weighted by Crippen LogP contribution is -1.94. The topological polar surface area (TPSA) is 50.4 Å². The number of benzene rings is 1. The summed E-state index contributed by atoms with van der Waals surface area (Å²) in [4.78, 5) is 0. The van der Waals surface area contributed by atoms with E-state index in [0.29, 0.717) is 0 Å². The molecule has 0 radical (unpaired) electrons. The molecule has 0 aliphatic heterocycles. The molecule has 1 N–H and O–H groups in total. The average molecular weight is 273 g/mol. The first-order chi connectivity index (χ1) is 9.31. The van der Waals surface area contributed by atoms with Gasteiger partial charge in [0.2, 0.25) is 0 Å². The fraction of sp³-hybridized carbons (Fsp3) is 0.286. The predicted molar refractivity (Wildman–Crippen MR) is 77.7 cm³/mol. The van der Waals surface area contributed by atoms with Crippen LogP contribution in [0.5, 0.6) is 0 Å². The number of pyridine rings is 1. The van der Waals surface area contributed by atoms with Crippen LogP contribution in [-0.2, 0) is 0 Å². The van der Waals surface area contributed by atoms with Crippen molar-refractivity contribution in [3.05, 3.63) is 35.9 Å². The summed E-state index contributed by atoms with van der Waals surface area (Å²) in [6.45, 7) is 2.30. The van der Waals surface area contributed by atoms with Crippen LogP contribution < -0.4 is 0 Å². The molecular weight excluding hydrogens is 258 g/mol. The van der Waals surface area contributed by atoms with Crippen molar-refractivity contribution in [1.82, 2.24) is 14.6 Å². The van der Waals surface area contributed by atoms with Crippen LogP contribution in [0, 0.1) is 6.92 Å². The Morgan fingerprint density at radius 2 is 2.11 bits per heavy atom. The van der Waals surface area contributed by atoms with E-state index in [-0.39, 0.29) is 6.61 Å². The van der Waals surface area contributed by atoms with Crippen LogP contribution in [0.2, 0.25) is 0 Å². The van der Waals surface area contributed by atoms with E-state index in [1.54, 1.807) is 11.8 Å². The molecule has 0 aliphatic carbocycles. The van der Waals surface area contributed by atoms with Gasteiger partial charge in [-0.15, -0.1) is 10.2 Å². The molecule has 19 heavy (non-hydrogen) atoms. The normalized spacial score (nSPS) is 11.5. The minimum absolute atomic E-state index is 0.212. The molecule has 0 aliphatic rings. The van der Waals surface area contributed by atoms with E-state index in [0.717, 1.165) is 28.5 Å². The number of thioether (sulfide) groups is 1. The average Bonchev–Trinajstić information content (AvgIpc) is 2.83. The molecule has 4 nitrogen and oxygen atoms in total. The largest absolute Gasteiger partial charge is 0.396 e. The van der Waals surface area contributed by atoms with Crippen molar-refractivity contribution < 1.29 is 5.11 Å². The highest BCUT2D eigenvalue weighted by Gasteiger charge is 2.10. The minimum Gasteiger partial charge on any atom is -0.396 e. The van der Waals surface area contributed by atoms with E-state index in [9.17, 15) is 0 Å². The number of fused-ring (bicyclic) bond motifs is 3. The van der Waals surface area contributed by atoms with Crippen LogP contribution in [0.3, 0.4) is 0 Å². The third kappa shape index (κ3) is 2.19. The maximum Gasteiger partial charge on any atom is 0.196 e. The summed E-state index contributed by atoms with van der Waals surface area (Å²) in [5.74, 6) is 0.847. The highest BCUT2D eigenvalue weighted by atomic mass is 32.2. The number of aliphatic hydroxyl groups is 1. The van der Waals surface area contributed by atoms with Crippen molar-refractivity contribution in [1.29, 1.82) is 0 Å². The summed E-state index contributed by atoms with van der Waals surface area (Å²) in [6.07, 6.45) is 0.767. The van der Waals surface area contributed by atoms with Crippen LogP contribution in [0.1, 0.15) is 12.0 Å². The number of nitrogens with zero attached hydrogens (tertiary/aromatic N) is 3. The van der Waals surface area contributed by atoms with Crippen molar-refractivity contribution in [3.63, 3.8) is 0 Å². The molecule has 0 amide bonds. The molecule has 0 saturated carbocycles. The highest BCUT2D eigenvalue weighted by molar-refractivity contribution is 7.99. The minimum atomic E-state index is 0.212. The second-order valence-corrected chi connectivity index (χ2v) is 5.51. The predicted octanol–water partition coefficient (Wildman–Crippen LogP) is 2.67. The van der Waals surface area contributed by atoms with Gasteiger partial charge in [-0.25, -0.2) is 0 Å². The van der Waals surface area contributed by atoms with Crippen molar-refractivity contribution >= 4 is 28.3 Å². The third-order valence-corrected chi connectivity index (χ3v) is 4.12. The number of rotatable bonds is 4. The Morgan fingerprint density at radius 1 is 1.26 bits per heavy atom. The van der Waals surface area contributed by atoms with E-state index >= 15 is 0 Å². The van der Waals surface area contributed by atoms with Crippen LogP contribution >= 0.6 is 11.8 Å². The monoisotopic (exact) mass is 273 g/mol. The van der Waals surface area contributed by atoms with Crippen molar-refractivity contribution in [2.75, 3.05) is 12.4 Å². The summed E-state index contributed by atoms with van der Waals surface area (Å²) < 4.78 is 2.09. The second kappa shape index (κ2) is 5.19. The first-order valence-electron chi connectivity index (χ1n) is 6.28. The number of aliphatic hydroxyl groups excluding tert-OH is 1. The summed E-state index contributed by atoms with van der Waals surface area (Å²) in [5.41, 5.74) is 3.22. The van der Waals surface area contributed by atoms with E-state index in [1.165, 1.54) is 10.9 Å². The molecule has 2 heterocycles. The fourth-order valence-corrected chi connectivity index (χ4v) is 3.07. The van der Waals surface area contributed by atoms with Gasteiger partial charge >= 0.3 is 0 Å². The van der Waals surface area contributed by atoms with Crippen LogP contribution in [-0.4, -0.2) is 32.1 Å². The standard InChI is InChI=1S/C14H15N3OS/c1-10-9-13-15-16-14(19-8-4-7-18)17(13)12-6-3-2-5-11(10)12/h2-3,5-6,9,18H,4,7-8H2,1H3. The lowest BCUT2D eigenvalue weighted by molar-refractivity contribution is 0.296. The van der Waals surface area contributed by atoms with Gasteiger partial charge in [-0.05, 0) is 31.0 Å². The van der Waals surface area contributed by atoms with Gasteiger partial charge in [0.1, 0.15) is 0 Å². The number of hydrogen-bond acceptors (Lipinski definition) is 4. The summed E-state index contributed by atoms with van der Waals surface area (Å²) in [7, 11) is 0. The zero-order chi connectivity index (χ0) is 13.2. The molecule has 0 spiro atoms. The van der Waals surface area contributed by atoms with Crippen LogP contribution in [0.25, 0.3) is 16.6 Å². The highest BCUT2D eigenvalue weighted by Crippen LogP contribution is 2.25. The summed E-state index contributed by atoms with van der Waals surface area (Å²) in [6, 6.07) is 10.3. The molecular formula is C14H15N3OS. The van der Waals surface area contributed by atoms with Gasteiger partial charge in [0.05, 0.1) is 5.52 Å². The molecule has 0 saturated heterocycles. The first kappa shape index (κ1) is 12.4. The molecule has 0 unspecified atom stereocenters. The Kier molecular flexibility index (Phi) is 3.40. The molecule has 5 heteroatoms. The zero-order valence-electron chi connectivity index (χ0n) is 10.7. The number of aromatic nitrogens is 3. The van der Waals surface area contributed by atoms with Gasteiger partial charge in [0.15, 0.2) is 10.8 Å². The Morgan fingerprint density at radius 3 is 2.95 bits per heavy atom. The van der Waals surface area contributed by atoms with E-state index in [2.05, 4.69) is 39.7 Å².